The van der Waals surface area contributed by atoms with E-state index in [4.69, 9.17) is 28.4 Å². The van der Waals surface area contributed by atoms with Crippen molar-refractivity contribution in [2.45, 2.75) is 57.5 Å². The number of esters is 1. The Morgan fingerprint density at radius 2 is 1.07 bits per heavy atom. The standard InChI is InChI=1S/C36H38O7/c1-28(37)42-36(27-39-23-30-16-8-3-9-17-30)35(41-25-32-20-12-5-13-21-32)34(40-24-31-18-10-4-11-19-31)33(43-36)26-38-22-29-14-6-2-7-15-29/h2-21,33-35H,22-27H2,1H3/t33-,34-,35+,36+/m1/s1. The van der Waals surface area contributed by atoms with Gasteiger partial charge in [0.05, 0.1) is 33.0 Å². The molecule has 1 fully saturated rings. The molecule has 4 aromatic carbocycles. The molecule has 0 saturated carbocycles. The van der Waals surface area contributed by atoms with E-state index < -0.39 is 30.1 Å². The molecule has 0 aromatic heterocycles. The molecule has 7 heteroatoms. The van der Waals surface area contributed by atoms with Gasteiger partial charge in [-0.15, -0.1) is 0 Å². The van der Waals surface area contributed by atoms with Crippen LogP contribution < -0.4 is 0 Å². The maximum Gasteiger partial charge on any atom is 0.305 e. The van der Waals surface area contributed by atoms with Gasteiger partial charge in [-0.25, -0.2) is 0 Å². The van der Waals surface area contributed by atoms with Crippen LogP contribution in [0.1, 0.15) is 29.2 Å². The summed E-state index contributed by atoms with van der Waals surface area (Å²) in [5.41, 5.74) is 3.99. The van der Waals surface area contributed by atoms with Crippen molar-refractivity contribution < 1.29 is 33.2 Å². The van der Waals surface area contributed by atoms with Gasteiger partial charge in [-0.05, 0) is 22.3 Å². The van der Waals surface area contributed by atoms with Crippen molar-refractivity contribution in [1.82, 2.24) is 0 Å². The predicted octanol–water partition coefficient (Wildman–Crippen LogP) is 6.25. The lowest BCUT2D eigenvalue weighted by molar-refractivity contribution is -0.278. The summed E-state index contributed by atoms with van der Waals surface area (Å²) < 4.78 is 37.9. The van der Waals surface area contributed by atoms with Crippen LogP contribution in [0, 0.1) is 0 Å². The fraction of sp³-hybridized carbons (Fsp3) is 0.306. The van der Waals surface area contributed by atoms with Crippen LogP contribution in [0.2, 0.25) is 0 Å². The number of carbonyl (C=O) groups is 1. The summed E-state index contributed by atoms with van der Waals surface area (Å²) in [6, 6.07) is 39.4. The van der Waals surface area contributed by atoms with Crippen LogP contribution in [0.15, 0.2) is 121 Å². The zero-order valence-electron chi connectivity index (χ0n) is 24.4. The average Bonchev–Trinajstić information content (AvgIpc) is 3.31. The lowest BCUT2D eigenvalue weighted by Crippen LogP contribution is -2.52. The minimum absolute atomic E-state index is 0.0543. The summed E-state index contributed by atoms with van der Waals surface area (Å²) >= 11 is 0. The summed E-state index contributed by atoms with van der Waals surface area (Å²) in [6.45, 7) is 2.78. The number of rotatable bonds is 15. The number of hydrogen-bond donors (Lipinski definition) is 0. The van der Waals surface area contributed by atoms with E-state index in [9.17, 15) is 4.79 Å². The maximum absolute atomic E-state index is 12.6. The van der Waals surface area contributed by atoms with Gasteiger partial charge in [0.2, 0.25) is 0 Å². The molecule has 0 amide bonds. The molecule has 1 heterocycles. The summed E-state index contributed by atoms with van der Waals surface area (Å²) in [7, 11) is 0. The molecule has 0 radical (unpaired) electrons. The largest absolute Gasteiger partial charge is 0.428 e. The summed E-state index contributed by atoms with van der Waals surface area (Å²) in [5, 5.41) is 0. The Hall–Kier alpha value is -3.85. The van der Waals surface area contributed by atoms with Gasteiger partial charge in [0.25, 0.3) is 5.79 Å². The third-order valence-corrected chi connectivity index (χ3v) is 7.13. The molecule has 0 unspecified atom stereocenters. The second-order valence-electron chi connectivity index (χ2n) is 10.5. The van der Waals surface area contributed by atoms with Crippen LogP contribution in [-0.4, -0.2) is 43.3 Å². The average molecular weight is 583 g/mol. The molecule has 5 rings (SSSR count). The second-order valence-corrected chi connectivity index (χ2v) is 10.5. The Morgan fingerprint density at radius 1 is 0.628 bits per heavy atom. The number of hydrogen-bond acceptors (Lipinski definition) is 7. The van der Waals surface area contributed by atoms with Crippen LogP contribution in [0.4, 0.5) is 0 Å². The van der Waals surface area contributed by atoms with E-state index in [0.29, 0.717) is 19.8 Å². The fourth-order valence-electron chi connectivity index (χ4n) is 5.13. The van der Waals surface area contributed by atoms with Gasteiger partial charge in [-0.3, -0.25) is 4.79 Å². The molecular weight excluding hydrogens is 544 g/mol. The second kappa shape index (κ2) is 15.6. The summed E-state index contributed by atoms with van der Waals surface area (Å²) in [5.74, 6) is -2.07. The van der Waals surface area contributed by atoms with Crippen molar-refractivity contribution >= 4 is 5.97 Å². The monoisotopic (exact) mass is 582 g/mol. The van der Waals surface area contributed by atoms with E-state index in [1.54, 1.807) is 0 Å². The van der Waals surface area contributed by atoms with Gasteiger partial charge < -0.3 is 28.4 Å². The van der Waals surface area contributed by atoms with E-state index >= 15 is 0 Å². The molecule has 0 spiro atoms. The molecule has 1 saturated heterocycles. The van der Waals surface area contributed by atoms with E-state index in [-0.39, 0.29) is 19.8 Å². The zero-order chi connectivity index (χ0) is 29.7. The van der Waals surface area contributed by atoms with Crippen LogP contribution in [0.5, 0.6) is 0 Å². The molecule has 224 valence electrons. The van der Waals surface area contributed by atoms with E-state index in [1.807, 2.05) is 121 Å². The van der Waals surface area contributed by atoms with Gasteiger partial charge in [0, 0.05) is 6.92 Å². The first-order chi connectivity index (χ1) is 21.1. The van der Waals surface area contributed by atoms with Gasteiger partial charge in [0.1, 0.15) is 18.8 Å². The van der Waals surface area contributed by atoms with E-state index in [0.717, 1.165) is 22.3 Å². The van der Waals surface area contributed by atoms with Crippen molar-refractivity contribution in [2.24, 2.45) is 0 Å². The number of ether oxygens (including phenoxy) is 6. The molecule has 0 bridgehead atoms. The Balaban J connectivity index is 1.41. The van der Waals surface area contributed by atoms with Crippen LogP contribution in [0.3, 0.4) is 0 Å². The minimum Gasteiger partial charge on any atom is -0.428 e. The first kappa shape index (κ1) is 30.6. The van der Waals surface area contributed by atoms with Crippen LogP contribution in [0.25, 0.3) is 0 Å². The highest BCUT2D eigenvalue weighted by Gasteiger charge is 2.60. The topological polar surface area (TPSA) is 72.5 Å². The molecule has 1 aliphatic heterocycles. The highest BCUT2D eigenvalue weighted by molar-refractivity contribution is 5.66. The third kappa shape index (κ3) is 8.83. The summed E-state index contributed by atoms with van der Waals surface area (Å²) in [4.78, 5) is 12.6. The molecular formula is C36H38O7. The highest BCUT2D eigenvalue weighted by Crippen LogP contribution is 2.39. The molecule has 0 N–H and O–H groups in total. The van der Waals surface area contributed by atoms with E-state index in [1.165, 1.54) is 6.92 Å². The first-order valence-corrected chi connectivity index (χ1v) is 14.5. The Kier molecular flexibility index (Phi) is 11.1. The molecule has 4 atom stereocenters. The Morgan fingerprint density at radius 3 is 1.56 bits per heavy atom. The molecule has 4 aromatic rings. The van der Waals surface area contributed by atoms with E-state index in [2.05, 4.69) is 0 Å². The smallest absolute Gasteiger partial charge is 0.305 e. The highest BCUT2D eigenvalue weighted by atomic mass is 16.8. The van der Waals surface area contributed by atoms with Gasteiger partial charge in [-0.1, -0.05) is 121 Å². The molecule has 7 nitrogen and oxygen atoms in total. The van der Waals surface area contributed by atoms with Crippen molar-refractivity contribution in [2.75, 3.05) is 13.2 Å². The molecule has 0 aliphatic carbocycles. The summed E-state index contributed by atoms with van der Waals surface area (Å²) in [6.07, 6.45) is -2.03. The van der Waals surface area contributed by atoms with Crippen molar-refractivity contribution in [3.8, 4) is 0 Å². The number of carbonyl (C=O) groups excluding carboxylic acids is 1. The molecule has 1 aliphatic rings. The van der Waals surface area contributed by atoms with Crippen LogP contribution >= 0.6 is 0 Å². The predicted molar refractivity (Wildman–Crippen MR) is 162 cm³/mol. The minimum atomic E-state index is -1.56. The molecule has 43 heavy (non-hydrogen) atoms. The Bertz CT molecular complexity index is 1370. The normalized spacial score (nSPS) is 21.5. The Labute approximate surface area is 253 Å². The lowest BCUT2D eigenvalue weighted by atomic mass is 10.0. The van der Waals surface area contributed by atoms with Gasteiger partial charge in [-0.2, -0.15) is 0 Å². The van der Waals surface area contributed by atoms with Gasteiger partial charge in [0.15, 0.2) is 6.10 Å². The first-order valence-electron chi connectivity index (χ1n) is 14.5. The fourth-order valence-corrected chi connectivity index (χ4v) is 5.13. The lowest BCUT2D eigenvalue weighted by Gasteiger charge is -2.34. The third-order valence-electron chi connectivity index (χ3n) is 7.13. The SMILES string of the molecule is CC(=O)O[C@@]1(COCc2ccccc2)O[C@H](COCc2ccccc2)[C@@H](OCc2ccccc2)[C@@H]1OCc1ccccc1. The number of benzene rings is 4. The zero-order valence-corrected chi connectivity index (χ0v) is 24.4. The van der Waals surface area contributed by atoms with Gasteiger partial charge >= 0.3 is 5.97 Å². The van der Waals surface area contributed by atoms with Crippen molar-refractivity contribution in [3.05, 3.63) is 144 Å². The quantitative estimate of drug-likeness (QED) is 0.154. The van der Waals surface area contributed by atoms with Crippen LogP contribution in [-0.2, 0) is 59.6 Å². The maximum atomic E-state index is 12.6. The van der Waals surface area contributed by atoms with Crippen molar-refractivity contribution in [1.29, 1.82) is 0 Å². The van der Waals surface area contributed by atoms with Crippen molar-refractivity contribution in [3.63, 3.8) is 0 Å².